The first kappa shape index (κ1) is 9.95. The standard InChI is InChI=1S/C9H11NO2S/c1-2-8-3-5-9(6-4-8)7-13(10,11)12/h2-6H,1,7H2,(H2,10,11,12). The van der Waals surface area contributed by atoms with Crippen molar-refractivity contribution < 1.29 is 8.42 Å². The fourth-order valence-electron chi connectivity index (χ4n) is 0.982. The van der Waals surface area contributed by atoms with Crippen LogP contribution in [0.4, 0.5) is 0 Å². The first-order valence-electron chi connectivity index (χ1n) is 3.73. The maximum atomic E-state index is 10.7. The van der Waals surface area contributed by atoms with Gasteiger partial charge < -0.3 is 0 Å². The topological polar surface area (TPSA) is 60.2 Å². The van der Waals surface area contributed by atoms with Gasteiger partial charge in [-0.2, -0.15) is 0 Å². The molecular formula is C9H11NO2S. The van der Waals surface area contributed by atoms with E-state index in [1.807, 2.05) is 0 Å². The van der Waals surface area contributed by atoms with Crippen LogP contribution in [-0.4, -0.2) is 8.42 Å². The van der Waals surface area contributed by atoms with Crippen molar-refractivity contribution in [3.63, 3.8) is 0 Å². The highest BCUT2D eigenvalue weighted by Crippen LogP contribution is 2.07. The van der Waals surface area contributed by atoms with Gasteiger partial charge in [0.15, 0.2) is 0 Å². The second-order valence-corrected chi connectivity index (χ2v) is 4.37. The molecule has 0 aliphatic heterocycles. The van der Waals surface area contributed by atoms with Crippen molar-refractivity contribution >= 4 is 16.1 Å². The van der Waals surface area contributed by atoms with E-state index in [1.165, 1.54) is 0 Å². The van der Waals surface area contributed by atoms with Crippen molar-refractivity contribution in [1.29, 1.82) is 0 Å². The van der Waals surface area contributed by atoms with Crippen LogP contribution in [0, 0.1) is 0 Å². The van der Waals surface area contributed by atoms with Gasteiger partial charge in [0, 0.05) is 0 Å². The molecule has 0 aliphatic carbocycles. The fraction of sp³-hybridized carbons (Fsp3) is 0.111. The molecule has 0 spiro atoms. The van der Waals surface area contributed by atoms with E-state index >= 15 is 0 Å². The van der Waals surface area contributed by atoms with Gasteiger partial charge in [-0.3, -0.25) is 0 Å². The van der Waals surface area contributed by atoms with Crippen LogP contribution in [0.15, 0.2) is 30.8 Å². The summed E-state index contributed by atoms with van der Waals surface area (Å²) in [5.74, 6) is -0.121. The average Bonchev–Trinajstić information content (AvgIpc) is 2.03. The van der Waals surface area contributed by atoms with E-state index in [0.29, 0.717) is 5.56 Å². The first-order chi connectivity index (χ1) is 6.01. The molecule has 1 aromatic rings. The van der Waals surface area contributed by atoms with Gasteiger partial charge in [-0.05, 0) is 11.1 Å². The van der Waals surface area contributed by atoms with Gasteiger partial charge in [-0.15, -0.1) is 0 Å². The highest BCUT2D eigenvalue weighted by molar-refractivity contribution is 7.88. The Bertz CT molecular complexity index is 392. The van der Waals surface area contributed by atoms with Crippen molar-refractivity contribution in [2.24, 2.45) is 5.14 Å². The SMILES string of the molecule is C=Cc1ccc(CS(N)(=O)=O)cc1. The molecule has 2 N–H and O–H groups in total. The summed E-state index contributed by atoms with van der Waals surface area (Å²) in [4.78, 5) is 0. The molecule has 0 amide bonds. The van der Waals surface area contributed by atoms with Crippen molar-refractivity contribution in [2.75, 3.05) is 0 Å². The molecule has 0 radical (unpaired) electrons. The van der Waals surface area contributed by atoms with Crippen LogP contribution in [0.1, 0.15) is 11.1 Å². The van der Waals surface area contributed by atoms with Crippen molar-refractivity contribution in [3.05, 3.63) is 42.0 Å². The minimum Gasteiger partial charge on any atom is -0.228 e. The van der Waals surface area contributed by atoms with Crippen molar-refractivity contribution in [2.45, 2.75) is 5.75 Å². The van der Waals surface area contributed by atoms with Crippen molar-refractivity contribution in [1.82, 2.24) is 0 Å². The van der Waals surface area contributed by atoms with Crippen LogP contribution >= 0.6 is 0 Å². The maximum Gasteiger partial charge on any atom is 0.213 e. The lowest BCUT2D eigenvalue weighted by molar-refractivity contribution is 0.597. The molecule has 0 aromatic heterocycles. The molecule has 1 rings (SSSR count). The fourth-order valence-corrected chi connectivity index (χ4v) is 1.64. The summed E-state index contributed by atoms with van der Waals surface area (Å²) in [7, 11) is -3.42. The summed E-state index contributed by atoms with van der Waals surface area (Å²) in [6.07, 6.45) is 1.70. The van der Waals surface area contributed by atoms with E-state index in [-0.39, 0.29) is 5.75 Å². The van der Waals surface area contributed by atoms with E-state index in [0.717, 1.165) is 5.56 Å². The summed E-state index contributed by atoms with van der Waals surface area (Å²) in [5.41, 5.74) is 1.64. The number of primary sulfonamides is 1. The molecule has 0 saturated heterocycles. The molecule has 0 aliphatic rings. The summed E-state index contributed by atoms with van der Waals surface area (Å²) >= 11 is 0. The molecular weight excluding hydrogens is 186 g/mol. The summed E-state index contributed by atoms with van der Waals surface area (Å²) < 4.78 is 21.4. The van der Waals surface area contributed by atoms with Gasteiger partial charge >= 0.3 is 0 Å². The van der Waals surface area contributed by atoms with Gasteiger partial charge in [-0.25, -0.2) is 13.6 Å². The number of sulfonamides is 1. The maximum absolute atomic E-state index is 10.7. The average molecular weight is 197 g/mol. The van der Waals surface area contributed by atoms with Crippen LogP contribution in [0.2, 0.25) is 0 Å². The lowest BCUT2D eigenvalue weighted by Crippen LogP contribution is -2.14. The lowest BCUT2D eigenvalue weighted by Gasteiger charge is -1.99. The number of hydrogen-bond acceptors (Lipinski definition) is 2. The molecule has 4 heteroatoms. The van der Waals surface area contributed by atoms with Crippen LogP contribution in [-0.2, 0) is 15.8 Å². The normalized spacial score (nSPS) is 11.2. The minimum atomic E-state index is -3.42. The molecule has 0 bridgehead atoms. The number of rotatable bonds is 3. The highest BCUT2D eigenvalue weighted by atomic mass is 32.2. The van der Waals surface area contributed by atoms with Gasteiger partial charge in [0.1, 0.15) is 0 Å². The molecule has 0 saturated carbocycles. The quantitative estimate of drug-likeness (QED) is 0.789. The molecule has 1 aromatic carbocycles. The molecule has 0 unspecified atom stereocenters. The number of hydrogen-bond donors (Lipinski definition) is 1. The Kier molecular flexibility index (Phi) is 2.85. The van der Waals surface area contributed by atoms with Crippen LogP contribution in [0.25, 0.3) is 6.08 Å². The summed E-state index contributed by atoms with van der Waals surface area (Å²) in [5, 5.41) is 4.89. The largest absolute Gasteiger partial charge is 0.228 e. The van der Waals surface area contributed by atoms with E-state index in [9.17, 15) is 8.42 Å². The third-order valence-corrected chi connectivity index (χ3v) is 2.32. The Morgan fingerprint density at radius 1 is 1.31 bits per heavy atom. The Morgan fingerprint density at radius 2 is 1.85 bits per heavy atom. The summed E-state index contributed by atoms with van der Waals surface area (Å²) in [6, 6.07) is 7.05. The molecule has 70 valence electrons. The van der Waals surface area contributed by atoms with Crippen LogP contribution in [0.5, 0.6) is 0 Å². The Labute approximate surface area is 77.9 Å². The van der Waals surface area contributed by atoms with Crippen LogP contribution in [0.3, 0.4) is 0 Å². The van der Waals surface area contributed by atoms with Gasteiger partial charge in [0.2, 0.25) is 10.0 Å². The Hall–Kier alpha value is -1.13. The zero-order valence-electron chi connectivity index (χ0n) is 7.10. The second-order valence-electron chi connectivity index (χ2n) is 2.75. The lowest BCUT2D eigenvalue weighted by atomic mass is 10.1. The monoisotopic (exact) mass is 197 g/mol. The van der Waals surface area contributed by atoms with E-state index in [2.05, 4.69) is 6.58 Å². The van der Waals surface area contributed by atoms with E-state index < -0.39 is 10.0 Å². The third-order valence-electron chi connectivity index (χ3n) is 1.58. The summed E-state index contributed by atoms with van der Waals surface area (Å²) in [6.45, 7) is 3.59. The Balaban J connectivity index is 2.87. The predicted octanol–water partition coefficient (Wildman–Crippen LogP) is 1.12. The van der Waals surface area contributed by atoms with Gasteiger partial charge in [0.05, 0.1) is 5.75 Å². The van der Waals surface area contributed by atoms with Crippen molar-refractivity contribution in [3.8, 4) is 0 Å². The van der Waals surface area contributed by atoms with Gasteiger partial charge in [0.25, 0.3) is 0 Å². The van der Waals surface area contributed by atoms with Gasteiger partial charge in [-0.1, -0.05) is 36.9 Å². The number of benzene rings is 1. The zero-order valence-corrected chi connectivity index (χ0v) is 7.92. The van der Waals surface area contributed by atoms with E-state index in [4.69, 9.17) is 5.14 Å². The first-order valence-corrected chi connectivity index (χ1v) is 5.44. The predicted molar refractivity (Wildman–Crippen MR) is 53.3 cm³/mol. The third kappa shape index (κ3) is 3.40. The molecule has 0 atom stereocenters. The molecule has 0 heterocycles. The molecule has 3 nitrogen and oxygen atoms in total. The van der Waals surface area contributed by atoms with E-state index in [1.54, 1.807) is 30.3 Å². The zero-order chi connectivity index (χ0) is 9.90. The smallest absolute Gasteiger partial charge is 0.213 e. The molecule has 0 fully saturated rings. The highest BCUT2D eigenvalue weighted by Gasteiger charge is 2.03. The number of nitrogens with two attached hydrogens (primary N) is 1. The molecule has 13 heavy (non-hydrogen) atoms. The Morgan fingerprint density at radius 3 is 2.23 bits per heavy atom. The second kappa shape index (κ2) is 3.72. The van der Waals surface area contributed by atoms with Crippen LogP contribution < -0.4 is 5.14 Å². The minimum absolute atomic E-state index is 0.121.